The van der Waals surface area contributed by atoms with E-state index in [0.29, 0.717) is 5.92 Å². The Morgan fingerprint density at radius 1 is 1.00 bits per heavy atom. The lowest BCUT2D eigenvalue weighted by molar-refractivity contribution is -0.137. The summed E-state index contributed by atoms with van der Waals surface area (Å²) in [6, 6.07) is 6.08. The van der Waals surface area contributed by atoms with Gasteiger partial charge in [0.05, 0.1) is 5.56 Å². The van der Waals surface area contributed by atoms with Crippen molar-refractivity contribution in [3.05, 3.63) is 35.4 Å². The van der Waals surface area contributed by atoms with Gasteiger partial charge in [-0.05, 0) is 36.5 Å². The van der Waals surface area contributed by atoms with Crippen LogP contribution in [-0.4, -0.2) is 31.1 Å². The number of rotatable bonds is 3. The highest BCUT2D eigenvalue weighted by Crippen LogP contribution is 2.42. The van der Waals surface area contributed by atoms with E-state index in [9.17, 15) is 13.2 Å². The second-order valence-electron chi connectivity index (χ2n) is 6.04. The molecule has 1 saturated heterocycles. The highest BCUT2D eigenvalue weighted by Gasteiger charge is 2.35. The second kappa shape index (κ2) is 8.56. The van der Waals surface area contributed by atoms with Crippen LogP contribution in [0.4, 0.5) is 13.2 Å². The Bertz CT molecular complexity index is 469. The van der Waals surface area contributed by atoms with Crippen molar-refractivity contribution < 1.29 is 13.2 Å². The predicted octanol–water partition coefficient (Wildman–Crippen LogP) is 4.30. The molecule has 7 heteroatoms. The van der Waals surface area contributed by atoms with Crippen molar-refractivity contribution in [2.45, 2.75) is 31.5 Å². The first-order valence-corrected chi connectivity index (χ1v) is 7.67. The molecule has 1 atom stereocenters. The van der Waals surface area contributed by atoms with Gasteiger partial charge < -0.3 is 5.32 Å². The third-order valence-corrected chi connectivity index (χ3v) is 4.72. The number of benzene rings is 1. The Kier molecular flexibility index (Phi) is 7.65. The van der Waals surface area contributed by atoms with Gasteiger partial charge in [0.2, 0.25) is 0 Å². The van der Waals surface area contributed by atoms with Gasteiger partial charge in [-0.3, -0.25) is 4.90 Å². The number of hydrogen-bond acceptors (Lipinski definition) is 2. The molecule has 23 heavy (non-hydrogen) atoms. The van der Waals surface area contributed by atoms with Crippen LogP contribution in [0.2, 0.25) is 0 Å². The van der Waals surface area contributed by atoms with Crippen LogP contribution in [0.5, 0.6) is 0 Å². The summed E-state index contributed by atoms with van der Waals surface area (Å²) < 4.78 is 38.1. The van der Waals surface area contributed by atoms with Crippen LogP contribution >= 0.6 is 24.8 Å². The molecular formula is C16H23Cl2F3N2. The Balaban J connectivity index is 0.00000132. The van der Waals surface area contributed by atoms with E-state index >= 15 is 0 Å². The topological polar surface area (TPSA) is 15.3 Å². The van der Waals surface area contributed by atoms with Crippen LogP contribution in [0.15, 0.2) is 24.3 Å². The van der Waals surface area contributed by atoms with Gasteiger partial charge in [0.15, 0.2) is 0 Å². The van der Waals surface area contributed by atoms with Crippen LogP contribution in [0.25, 0.3) is 0 Å². The summed E-state index contributed by atoms with van der Waals surface area (Å²) in [6.07, 6.45) is -0.626. The minimum Gasteiger partial charge on any atom is -0.314 e. The lowest BCUT2D eigenvalue weighted by atomic mass is 9.76. The third kappa shape index (κ3) is 4.75. The smallest absolute Gasteiger partial charge is 0.314 e. The van der Waals surface area contributed by atoms with Crippen molar-refractivity contribution >= 4 is 24.8 Å². The van der Waals surface area contributed by atoms with Crippen LogP contribution < -0.4 is 5.32 Å². The van der Waals surface area contributed by atoms with Crippen LogP contribution in [-0.2, 0) is 6.18 Å². The van der Waals surface area contributed by atoms with Gasteiger partial charge in [0.1, 0.15) is 0 Å². The summed E-state index contributed by atoms with van der Waals surface area (Å²) in [5.41, 5.74) is 0.480. The highest BCUT2D eigenvalue weighted by atomic mass is 35.5. The van der Waals surface area contributed by atoms with Crippen molar-refractivity contribution in [1.82, 2.24) is 10.2 Å². The second-order valence-corrected chi connectivity index (χ2v) is 6.04. The first-order chi connectivity index (χ1) is 10.1. The molecule has 0 bridgehead atoms. The van der Waals surface area contributed by atoms with Gasteiger partial charge in [-0.1, -0.05) is 18.6 Å². The minimum absolute atomic E-state index is 0. The van der Waals surface area contributed by atoms with E-state index in [1.165, 1.54) is 31.4 Å². The quantitative estimate of drug-likeness (QED) is 0.853. The molecular weight excluding hydrogens is 348 g/mol. The maximum atomic E-state index is 12.7. The molecule has 0 amide bonds. The molecule has 0 spiro atoms. The molecule has 1 aromatic rings. The fraction of sp³-hybridized carbons (Fsp3) is 0.625. The molecule has 2 nitrogen and oxygen atoms in total. The minimum atomic E-state index is -4.25. The molecule has 1 aromatic carbocycles. The number of alkyl halides is 3. The Labute approximate surface area is 147 Å². The van der Waals surface area contributed by atoms with Crippen molar-refractivity contribution in [1.29, 1.82) is 0 Å². The summed E-state index contributed by atoms with van der Waals surface area (Å²) in [5.74, 6) is 0.597. The van der Waals surface area contributed by atoms with Gasteiger partial charge in [-0.15, -0.1) is 24.8 Å². The van der Waals surface area contributed by atoms with Crippen LogP contribution in [0.1, 0.15) is 36.4 Å². The predicted molar refractivity (Wildman–Crippen MR) is 90.5 cm³/mol. The average Bonchev–Trinajstić information content (AvgIpc) is 2.43. The Morgan fingerprint density at radius 3 is 2.00 bits per heavy atom. The number of hydrogen-bond donors (Lipinski definition) is 1. The fourth-order valence-corrected chi connectivity index (χ4v) is 3.37. The van der Waals surface area contributed by atoms with Crippen molar-refractivity contribution in [3.63, 3.8) is 0 Å². The third-order valence-electron chi connectivity index (χ3n) is 4.72. The Hall–Kier alpha value is -0.490. The van der Waals surface area contributed by atoms with Crippen LogP contribution in [0, 0.1) is 5.92 Å². The molecule has 3 rings (SSSR count). The number of halogens is 5. The fourth-order valence-electron chi connectivity index (χ4n) is 3.37. The zero-order chi connectivity index (χ0) is 14.9. The zero-order valence-electron chi connectivity index (χ0n) is 12.8. The SMILES string of the molecule is Cl.Cl.FC(F)(F)c1ccc([C@@H](C2CCC2)N2CCNCC2)cc1. The largest absolute Gasteiger partial charge is 0.416 e. The van der Waals surface area contributed by atoms with E-state index < -0.39 is 11.7 Å². The first kappa shape index (κ1) is 20.6. The molecule has 2 fully saturated rings. The van der Waals surface area contributed by atoms with E-state index in [1.54, 1.807) is 12.1 Å². The molecule has 0 radical (unpaired) electrons. The van der Waals surface area contributed by atoms with Crippen molar-refractivity contribution in [3.8, 4) is 0 Å². The van der Waals surface area contributed by atoms with Gasteiger partial charge in [-0.25, -0.2) is 0 Å². The highest BCUT2D eigenvalue weighted by molar-refractivity contribution is 5.85. The molecule has 1 heterocycles. The summed E-state index contributed by atoms with van der Waals surface area (Å²) in [4.78, 5) is 2.43. The van der Waals surface area contributed by atoms with E-state index in [-0.39, 0.29) is 30.9 Å². The standard InChI is InChI=1S/C16H21F3N2.2ClH/c17-16(18,19)14-6-4-13(5-7-14)15(12-2-1-3-12)21-10-8-20-9-11-21;;/h4-7,12,15,20H,1-3,8-11H2;2*1H/t15-;;/m1../s1. The van der Waals surface area contributed by atoms with Gasteiger partial charge in [0, 0.05) is 32.2 Å². The summed E-state index contributed by atoms with van der Waals surface area (Å²) in [5, 5.41) is 3.33. The lowest BCUT2D eigenvalue weighted by Crippen LogP contribution is -2.47. The molecule has 0 aromatic heterocycles. The van der Waals surface area contributed by atoms with Gasteiger partial charge >= 0.3 is 6.18 Å². The summed E-state index contributed by atoms with van der Waals surface area (Å²) in [7, 11) is 0. The molecule has 1 N–H and O–H groups in total. The zero-order valence-corrected chi connectivity index (χ0v) is 14.4. The lowest BCUT2D eigenvalue weighted by Gasteiger charge is -2.43. The van der Waals surface area contributed by atoms with E-state index in [4.69, 9.17) is 0 Å². The monoisotopic (exact) mass is 370 g/mol. The van der Waals surface area contributed by atoms with E-state index in [2.05, 4.69) is 10.2 Å². The number of piperazine rings is 1. The molecule has 0 unspecified atom stereocenters. The molecule has 1 aliphatic heterocycles. The normalized spacial score (nSPS) is 20.8. The van der Waals surface area contributed by atoms with Crippen molar-refractivity contribution in [2.24, 2.45) is 5.92 Å². The number of nitrogens with zero attached hydrogens (tertiary/aromatic N) is 1. The average molecular weight is 371 g/mol. The number of nitrogens with one attached hydrogen (secondary N) is 1. The molecule has 2 aliphatic rings. The first-order valence-electron chi connectivity index (χ1n) is 7.67. The van der Waals surface area contributed by atoms with Crippen molar-refractivity contribution in [2.75, 3.05) is 26.2 Å². The van der Waals surface area contributed by atoms with Gasteiger partial charge in [-0.2, -0.15) is 13.2 Å². The Morgan fingerprint density at radius 2 is 1.57 bits per heavy atom. The van der Waals surface area contributed by atoms with E-state index in [0.717, 1.165) is 31.7 Å². The molecule has 1 aliphatic carbocycles. The maximum Gasteiger partial charge on any atom is 0.416 e. The maximum absolute atomic E-state index is 12.7. The van der Waals surface area contributed by atoms with Gasteiger partial charge in [0.25, 0.3) is 0 Å². The molecule has 1 saturated carbocycles. The summed E-state index contributed by atoms with van der Waals surface area (Å²) >= 11 is 0. The molecule has 132 valence electrons. The van der Waals surface area contributed by atoms with E-state index in [1.807, 2.05) is 0 Å². The summed E-state index contributed by atoms with van der Waals surface area (Å²) in [6.45, 7) is 3.87. The van der Waals surface area contributed by atoms with Crippen LogP contribution in [0.3, 0.4) is 0 Å².